The monoisotopic (exact) mass is 459 g/mol. The second-order valence-electron chi connectivity index (χ2n) is 9.24. The summed E-state index contributed by atoms with van der Waals surface area (Å²) in [6.07, 6.45) is 5.53. The highest BCUT2D eigenvalue weighted by Crippen LogP contribution is 2.42. The molecular formula is C24H30ClN3O4. The van der Waals surface area contributed by atoms with Gasteiger partial charge in [0, 0.05) is 30.5 Å². The largest absolute Gasteiger partial charge is 0.356 e. The van der Waals surface area contributed by atoms with Crippen molar-refractivity contribution in [2.45, 2.75) is 57.0 Å². The molecule has 7 nitrogen and oxygen atoms in total. The van der Waals surface area contributed by atoms with Gasteiger partial charge < -0.3 is 20.3 Å². The molecule has 1 unspecified atom stereocenters. The van der Waals surface area contributed by atoms with Gasteiger partial charge in [0.05, 0.1) is 6.04 Å². The minimum absolute atomic E-state index is 0.0441. The highest BCUT2D eigenvalue weighted by molar-refractivity contribution is 6.30. The van der Waals surface area contributed by atoms with Crippen molar-refractivity contribution in [2.75, 3.05) is 13.1 Å². The Labute approximate surface area is 193 Å². The number of benzene rings is 1. The lowest BCUT2D eigenvalue weighted by molar-refractivity contribution is -0.140. The van der Waals surface area contributed by atoms with E-state index in [1.54, 1.807) is 11.0 Å². The van der Waals surface area contributed by atoms with Crippen LogP contribution in [0.25, 0.3) is 0 Å². The van der Waals surface area contributed by atoms with Crippen LogP contribution in [0, 0.1) is 17.8 Å². The summed E-state index contributed by atoms with van der Waals surface area (Å²) in [4.78, 5) is 51.6. The molecule has 1 aromatic carbocycles. The third-order valence-corrected chi connectivity index (χ3v) is 7.42. The number of aryl methyl sites for hydroxylation is 1. The zero-order chi connectivity index (χ0) is 22.7. The maximum Gasteiger partial charge on any atom is 0.243 e. The molecule has 4 rings (SSSR count). The number of likely N-dealkylation sites (tertiary alicyclic amines) is 1. The Hall–Kier alpha value is -2.41. The Kier molecular flexibility index (Phi) is 7.13. The zero-order valence-electron chi connectivity index (χ0n) is 18.1. The molecule has 0 radical (unpaired) electrons. The number of nitrogens with one attached hydrogen (secondary N) is 2. The second-order valence-corrected chi connectivity index (χ2v) is 9.68. The molecule has 1 saturated carbocycles. The summed E-state index contributed by atoms with van der Waals surface area (Å²) in [7, 11) is 0. The Bertz CT molecular complexity index is 892. The maximum absolute atomic E-state index is 13.3. The van der Waals surface area contributed by atoms with Crippen LogP contribution in [-0.2, 0) is 25.6 Å². The Morgan fingerprint density at radius 3 is 2.84 bits per heavy atom. The lowest BCUT2D eigenvalue weighted by Crippen LogP contribution is -2.52. The number of aldehydes is 1. The van der Waals surface area contributed by atoms with E-state index in [-0.39, 0.29) is 29.6 Å². The number of hydrogen-bond donors (Lipinski definition) is 2. The zero-order valence-corrected chi connectivity index (χ0v) is 18.9. The van der Waals surface area contributed by atoms with Gasteiger partial charge in [-0.2, -0.15) is 0 Å². The van der Waals surface area contributed by atoms with Gasteiger partial charge in [-0.3, -0.25) is 14.4 Å². The van der Waals surface area contributed by atoms with Crippen molar-refractivity contribution in [1.82, 2.24) is 15.5 Å². The van der Waals surface area contributed by atoms with Gasteiger partial charge in [0.2, 0.25) is 17.7 Å². The smallest absolute Gasteiger partial charge is 0.243 e. The number of hydrogen-bond acceptors (Lipinski definition) is 4. The van der Waals surface area contributed by atoms with Crippen LogP contribution in [0.15, 0.2) is 24.3 Å². The molecule has 8 heteroatoms. The Morgan fingerprint density at radius 2 is 2.12 bits per heavy atom. The van der Waals surface area contributed by atoms with Crippen LogP contribution in [-0.4, -0.2) is 54.1 Å². The van der Waals surface area contributed by atoms with Gasteiger partial charge in [0.25, 0.3) is 0 Å². The topological polar surface area (TPSA) is 95.6 Å². The predicted molar refractivity (Wildman–Crippen MR) is 120 cm³/mol. The first kappa shape index (κ1) is 22.8. The van der Waals surface area contributed by atoms with Crippen molar-refractivity contribution in [2.24, 2.45) is 17.8 Å². The van der Waals surface area contributed by atoms with Crippen LogP contribution in [0.2, 0.25) is 5.02 Å². The molecule has 2 N–H and O–H groups in total. The summed E-state index contributed by atoms with van der Waals surface area (Å²) in [5.74, 6) is -0.184. The molecule has 3 aliphatic rings. The summed E-state index contributed by atoms with van der Waals surface area (Å²) < 4.78 is 0. The van der Waals surface area contributed by atoms with Crippen LogP contribution in [0.1, 0.15) is 44.1 Å². The average molecular weight is 460 g/mol. The summed E-state index contributed by atoms with van der Waals surface area (Å²) in [5, 5.41) is 6.24. The van der Waals surface area contributed by atoms with Crippen LogP contribution in [0.4, 0.5) is 0 Å². The average Bonchev–Trinajstić information content (AvgIpc) is 3.47. The summed E-state index contributed by atoms with van der Waals surface area (Å²) in [5.41, 5.74) is 0.988. The quantitative estimate of drug-likeness (QED) is 0.582. The van der Waals surface area contributed by atoms with E-state index in [2.05, 4.69) is 10.6 Å². The number of rotatable bonds is 8. The van der Waals surface area contributed by atoms with Crippen LogP contribution in [0.3, 0.4) is 0 Å². The van der Waals surface area contributed by atoms with Gasteiger partial charge >= 0.3 is 0 Å². The first-order chi connectivity index (χ1) is 15.5. The Balaban J connectivity index is 1.41. The highest BCUT2D eigenvalue weighted by Gasteiger charge is 2.49. The van der Waals surface area contributed by atoms with E-state index in [0.717, 1.165) is 24.8 Å². The van der Waals surface area contributed by atoms with Crippen molar-refractivity contribution in [3.63, 3.8) is 0 Å². The SMILES string of the molecule is O=C[C@H](C[C@@H]1CCNC1=O)NC(=O)C1[C@H]2CCC[C@H]2CN1C(=O)CCc1cccc(Cl)c1. The molecule has 172 valence electrons. The standard InChI is InChI=1S/C24H30ClN3O4/c25-18-5-1-3-15(11-18)7-8-21(30)28-13-17-4-2-6-20(17)22(28)24(32)27-19(14-29)12-16-9-10-26-23(16)31/h1,3,5,11,14,16-17,19-20,22H,2,4,6-10,12-13H2,(H,26,31)(H,27,32)/t16-,17-,19-,20-,22?/m0/s1. The van der Waals surface area contributed by atoms with E-state index in [9.17, 15) is 19.2 Å². The van der Waals surface area contributed by atoms with Gasteiger partial charge in [0.1, 0.15) is 12.3 Å². The first-order valence-corrected chi connectivity index (χ1v) is 11.9. The molecule has 2 heterocycles. The van der Waals surface area contributed by atoms with Crippen molar-refractivity contribution < 1.29 is 19.2 Å². The molecule has 5 atom stereocenters. The van der Waals surface area contributed by atoms with Gasteiger partial charge in [-0.1, -0.05) is 30.2 Å². The molecular weight excluding hydrogens is 430 g/mol. The van der Waals surface area contributed by atoms with E-state index in [4.69, 9.17) is 11.6 Å². The molecule has 0 spiro atoms. The normalized spacial score (nSPS) is 27.7. The number of nitrogens with zero attached hydrogens (tertiary/aromatic N) is 1. The van der Waals surface area contributed by atoms with Crippen molar-refractivity contribution in [3.05, 3.63) is 34.9 Å². The van der Waals surface area contributed by atoms with Crippen LogP contribution < -0.4 is 10.6 Å². The highest BCUT2D eigenvalue weighted by atomic mass is 35.5. The molecule has 1 aliphatic carbocycles. The van der Waals surface area contributed by atoms with E-state index >= 15 is 0 Å². The summed E-state index contributed by atoms with van der Waals surface area (Å²) in [6, 6.07) is 6.19. The van der Waals surface area contributed by atoms with E-state index in [1.165, 1.54) is 0 Å². The van der Waals surface area contributed by atoms with Crippen LogP contribution >= 0.6 is 11.6 Å². The lowest BCUT2D eigenvalue weighted by Gasteiger charge is -2.28. The lowest BCUT2D eigenvalue weighted by atomic mass is 9.92. The van der Waals surface area contributed by atoms with Crippen LogP contribution in [0.5, 0.6) is 0 Å². The first-order valence-electron chi connectivity index (χ1n) is 11.5. The van der Waals surface area contributed by atoms with Crippen molar-refractivity contribution in [3.8, 4) is 0 Å². The van der Waals surface area contributed by atoms with Crippen molar-refractivity contribution in [1.29, 1.82) is 0 Å². The molecule has 2 aliphatic heterocycles. The maximum atomic E-state index is 13.3. The Morgan fingerprint density at radius 1 is 1.28 bits per heavy atom. The number of halogens is 1. The summed E-state index contributed by atoms with van der Waals surface area (Å²) >= 11 is 6.05. The predicted octanol–water partition coefficient (Wildman–Crippen LogP) is 2.11. The van der Waals surface area contributed by atoms with Gasteiger partial charge in [-0.15, -0.1) is 0 Å². The molecule has 3 amide bonds. The molecule has 32 heavy (non-hydrogen) atoms. The number of carbonyl (C=O) groups excluding carboxylic acids is 4. The number of carbonyl (C=O) groups is 4. The summed E-state index contributed by atoms with van der Waals surface area (Å²) in [6.45, 7) is 1.19. The number of amides is 3. The molecule has 0 aromatic heterocycles. The number of fused-ring (bicyclic) bond motifs is 1. The van der Waals surface area contributed by atoms with Gasteiger partial charge in [-0.25, -0.2) is 0 Å². The van der Waals surface area contributed by atoms with E-state index in [0.29, 0.717) is 56.0 Å². The second kappa shape index (κ2) is 10.0. The third kappa shape index (κ3) is 4.98. The molecule has 0 bridgehead atoms. The minimum Gasteiger partial charge on any atom is -0.356 e. The van der Waals surface area contributed by atoms with Crippen molar-refractivity contribution >= 4 is 35.6 Å². The van der Waals surface area contributed by atoms with Gasteiger partial charge in [-0.05, 0) is 61.6 Å². The van der Waals surface area contributed by atoms with Gasteiger partial charge in [0.15, 0.2) is 0 Å². The fourth-order valence-electron chi connectivity index (χ4n) is 5.58. The minimum atomic E-state index is -0.722. The fraction of sp³-hybridized carbons (Fsp3) is 0.583. The molecule has 2 saturated heterocycles. The molecule has 1 aromatic rings. The third-order valence-electron chi connectivity index (χ3n) is 7.19. The molecule has 3 fully saturated rings. The fourth-order valence-corrected chi connectivity index (χ4v) is 5.79. The van der Waals surface area contributed by atoms with E-state index in [1.807, 2.05) is 18.2 Å². The van der Waals surface area contributed by atoms with E-state index < -0.39 is 12.1 Å².